The molecular weight excluding hydrogens is 489 g/mol. The van der Waals surface area contributed by atoms with Crippen LogP contribution in [-0.4, -0.2) is 55.4 Å². The van der Waals surface area contributed by atoms with Gasteiger partial charge in [-0.2, -0.15) is 0 Å². The molecule has 6 nitrogen and oxygen atoms in total. The fraction of sp³-hybridized carbons (Fsp3) is 0.739. The Bertz CT molecular complexity index is 742. The number of piperidine rings is 1. The number of nitrogens with one attached hydrogen (secondary N) is 2. The van der Waals surface area contributed by atoms with Gasteiger partial charge >= 0.3 is 0 Å². The normalized spacial score (nSPS) is 30.1. The molecule has 1 spiro atoms. The Morgan fingerprint density at radius 3 is 2.67 bits per heavy atom. The number of anilines is 1. The molecule has 0 radical (unpaired) electrons. The molecule has 1 aromatic heterocycles. The maximum absolute atomic E-state index is 6.08. The third-order valence-corrected chi connectivity index (χ3v) is 7.70. The number of aromatic nitrogens is 1. The van der Waals surface area contributed by atoms with Gasteiger partial charge in [-0.15, -0.1) is 24.0 Å². The van der Waals surface area contributed by atoms with Crippen molar-refractivity contribution in [3.63, 3.8) is 0 Å². The van der Waals surface area contributed by atoms with Gasteiger partial charge < -0.3 is 20.3 Å². The number of pyridine rings is 1. The Morgan fingerprint density at radius 1 is 1.23 bits per heavy atom. The van der Waals surface area contributed by atoms with Crippen molar-refractivity contribution < 1.29 is 4.74 Å². The van der Waals surface area contributed by atoms with Crippen LogP contribution in [0.4, 0.5) is 5.82 Å². The molecule has 166 valence electrons. The van der Waals surface area contributed by atoms with E-state index in [-0.39, 0.29) is 24.0 Å². The Hall–Kier alpha value is -1.09. The number of hydrogen-bond acceptors (Lipinski definition) is 4. The fourth-order valence-corrected chi connectivity index (χ4v) is 5.99. The fourth-order valence-electron chi connectivity index (χ4n) is 5.99. The predicted molar refractivity (Wildman–Crippen MR) is 132 cm³/mol. The zero-order valence-electron chi connectivity index (χ0n) is 18.3. The van der Waals surface area contributed by atoms with Crippen molar-refractivity contribution in [2.45, 2.75) is 70.6 Å². The van der Waals surface area contributed by atoms with Gasteiger partial charge in [-0.3, -0.25) is 4.99 Å². The van der Waals surface area contributed by atoms with E-state index in [9.17, 15) is 0 Å². The van der Waals surface area contributed by atoms with Crippen molar-refractivity contribution in [2.24, 2.45) is 16.3 Å². The molecule has 7 heteroatoms. The van der Waals surface area contributed by atoms with Crippen molar-refractivity contribution in [2.75, 3.05) is 31.1 Å². The molecule has 0 amide bonds. The third kappa shape index (κ3) is 3.92. The Balaban J connectivity index is 0.00000218. The highest BCUT2D eigenvalue weighted by Gasteiger charge is 2.66. The highest BCUT2D eigenvalue weighted by molar-refractivity contribution is 14.0. The maximum atomic E-state index is 6.08. The second-order valence-electron chi connectivity index (χ2n) is 9.38. The van der Waals surface area contributed by atoms with Gasteiger partial charge in [-0.1, -0.05) is 12.5 Å². The van der Waals surface area contributed by atoms with E-state index in [1.54, 1.807) is 0 Å². The summed E-state index contributed by atoms with van der Waals surface area (Å²) in [6.45, 7) is 8.04. The number of ether oxygens (including phenoxy) is 1. The molecule has 0 bridgehead atoms. The third-order valence-electron chi connectivity index (χ3n) is 7.70. The minimum absolute atomic E-state index is 0. The SMILES string of the molecule is CCN=C(NC1CCN(c2ccc(C)cn2)CC1)NC1C2CCOC2C12CCC2.I. The molecule has 30 heavy (non-hydrogen) atoms. The first kappa shape index (κ1) is 22.1. The lowest BCUT2D eigenvalue weighted by Gasteiger charge is -2.63. The topological polar surface area (TPSA) is 61.8 Å². The predicted octanol–water partition coefficient (Wildman–Crippen LogP) is 3.49. The van der Waals surface area contributed by atoms with Crippen molar-refractivity contribution in [3.8, 4) is 0 Å². The van der Waals surface area contributed by atoms with Crippen LogP contribution in [0.3, 0.4) is 0 Å². The van der Waals surface area contributed by atoms with E-state index in [0.717, 1.165) is 50.9 Å². The minimum Gasteiger partial charge on any atom is -0.377 e. The lowest BCUT2D eigenvalue weighted by atomic mass is 9.46. The number of hydrogen-bond donors (Lipinski definition) is 2. The standard InChI is InChI=1S/C23H35N5O.HI/c1-3-24-22(27-20-18-9-14-29-21(18)23(20)10-4-11-23)26-17-7-12-28(13-8-17)19-6-5-16(2)15-25-19;/h5-6,15,17-18,20-21H,3-4,7-14H2,1-2H3,(H2,24,26,27);1H. The van der Waals surface area contributed by atoms with Gasteiger partial charge in [-0.25, -0.2) is 4.98 Å². The molecule has 3 atom stereocenters. The number of halogens is 1. The summed E-state index contributed by atoms with van der Waals surface area (Å²) < 4.78 is 6.08. The van der Waals surface area contributed by atoms with E-state index in [0.29, 0.717) is 29.5 Å². The average molecular weight is 525 g/mol. The van der Waals surface area contributed by atoms with Crippen LogP contribution in [0.15, 0.2) is 23.3 Å². The van der Waals surface area contributed by atoms with E-state index in [1.807, 2.05) is 6.20 Å². The molecule has 5 rings (SSSR count). The molecule has 2 saturated carbocycles. The summed E-state index contributed by atoms with van der Waals surface area (Å²) in [6, 6.07) is 5.31. The molecule has 3 unspecified atom stereocenters. The molecular formula is C23H36IN5O. The largest absolute Gasteiger partial charge is 0.377 e. The van der Waals surface area contributed by atoms with Gasteiger partial charge in [0.15, 0.2) is 5.96 Å². The summed E-state index contributed by atoms with van der Waals surface area (Å²) >= 11 is 0. The van der Waals surface area contributed by atoms with Crippen LogP contribution >= 0.6 is 24.0 Å². The number of nitrogens with zero attached hydrogens (tertiary/aromatic N) is 3. The van der Waals surface area contributed by atoms with Crippen LogP contribution in [-0.2, 0) is 4.74 Å². The maximum Gasteiger partial charge on any atom is 0.191 e. The van der Waals surface area contributed by atoms with Crippen LogP contribution in [0, 0.1) is 18.3 Å². The summed E-state index contributed by atoms with van der Waals surface area (Å²) in [7, 11) is 0. The monoisotopic (exact) mass is 525 g/mol. The van der Waals surface area contributed by atoms with Crippen LogP contribution in [0.5, 0.6) is 0 Å². The smallest absolute Gasteiger partial charge is 0.191 e. The molecule has 2 aliphatic heterocycles. The molecule has 4 aliphatic rings. The van der Waals surface area contributed by atoms with Gasteiger partial charge in [0.25, 0.3) is 0 Å². The van der Waals surface area contributed by atoms with E-state index in [1.165, 1.54) is 31.2 Å². The summed E-state index contributed by atoms with van der Waals surface area (Å²) in [5, 5.41) is 7.60. The number of aliphatic imine (C=N–C) groups is 1. The number of fused-ring (bicyclic) bond motifs is 2. The molecule has 0 aromatic carbocycles. The number of guanidine groups is 1. The van der Waals surface area contributed by atoms with Crippen LogP contribution in [0.2, 0.25) is 0 Å². The summed E-state index contributed by atoms with van der Waals surface area (Å²) in [6.07, 6.45) is 9.87. The number of rotatable bonds is 4. The zero-order chi connectivity index (χ0) is 19.8. The molecule has 1 aromatic rings. The zero-order valence-corrected chi connectivity index (χ0v) is 20.6. The van der Waals surface area contributed by atoms with Crippen molar-refractivity contribution in [1.82, 2.24) is 15.6 Å². The lowest BCUT2D eigenvalue weighted by Crippen LogP contribution is -2.72. The van der Waals surface area contributed by atoms with Gasteiger partial charge in [-0.05, 0) is 57.6 Å². The van der Waals surface area contributed by atoms with Crippen LogP contribution in [0.1, 0.15) is 51.0 Å². The van der Waals surface area contributed by atoms with E-state index in [4.69, 9.17) is 9.73 Å². The Morgan fingerprint density at radius 2 is 2.03 bits per heavy atom. The van der Waals surface area contributed by atoms with Gasteiger partial charge in [0.05, 0.1) is 6.10 Å². The van der Waals surface area contributed by atoms with Gasteiger partial charge in [0.1, 0.15) is 5.82 Å². The molecule has 2 saturated heterocycles. The first-order valence-electron chi connectivity index (χ1n) is 11.6. The highest BCUT2D eigenvalue weighted by Crippen LogP contribution is 2.62. The van der Waals surface area contributed by atoms with Crippen LogP contribution < -0.4 is 15.5 Å². The van der Waals surface area contributed by atoms with Crippen molar-refractivity contribution in [3.05, 3.63) is 23.9 Å². The molecule has 4 fully saturated rings. The Kier molecular flexibility index (Phi) is 6.77. The Labute approximate surface area is 197 Å². The summed E-state index contributed by atoms with van der Waals surface area (Å²) in [4.78, 5) is 11.8. The second-order valence-corrected chi connectivity index (χ2v) is 9.38. The van der Waals surface area contributed by atoms with Crippen LogP contribution in [0.25, 0.3) is 0 Å². The quantitative estimate of drug-likeness (QED) is 0.358. The second kappa shape index (κ2) is 9.18. The van der Waals surface area contributed by atoms with E-state index < -0.39 is 0 Å². The highest BCUT2D eigenvalue weighted by atomic mass is 127. The molecule has 2 aliphatic carbocycles. The minimum atomic E-state index is 0. The summed E-state index contributed by atoms with van der Waals surface area (Å²) in [5.74, 6) is 2.79. The summed E-state index contributed by atoms with van der Waals surface area (Å²) in [5.41, 5.74) is 1.60. The van der Waals surface area contributed by atoms with E-state index >= 15 is 0 Å². The number of aryl methyl sites for hydroxylation is 1. The van der Waals surface area contributed by atoms with E-state index in [2.05, 4.69) is 46.5 Å². The molecule has 3 heterocycles. The average Bonchev–Trinajstić information content (AvgIpc) is 3.11. The van der Waals surface area contributed by atoms with Gasteiger partial charge in [0, 0.05) is 55.9 Å². The first-order chi connectivity index (χ1) is 14.2. The van der Waals surface area contributed by atoms with Crippen molar-refractivity contribution in [1.29, 1.82) is 0 Å². The first-order valence-corrected chi connectivity index (χ1v) is 11.6. The van der Waals surface area contributed by atoms with Gasteiger partial charge in [0.2, 0.25) is 0 Å². The lowest BCUT2D eigenvalue weighted by molar-refractivity contribution is -0.171. The molecule has 2 N–H and O–H groups in total. The van der Waals surface area contributed by atoms with Crippen molar-refractivity contribution >= 4 is 35.8 Å².